The van der Waals surface area contributed by atoms with Crippen molar-refractivity contribution in [2.24, 2.45) is 5.10 Å². The molecule has 1 N–H and O–H groups in total. The first-order valence-corrected chi connectivity index (χ1v) is 11.0. The average molecular weight is 421 g/mol. The van der Waals surface area contributed by atoms with Crippen molar-refractivity contribution in [3.63, 3.8) is 0 Å². The van der Waals surface area contributed by atoms with Crippen LogP contribution in [-0.2, 0) is 10.0 Å². The largest absolute Gasteiger partial charge is 0.491 e. The number of nitrogens with one attached hydrogen (secondary N) is 1. The fourth-order valence-corrected chi connectivity index (χ4v) is 3.19. The highest BCUT2D eigenvalue weighted by Crippen LogP contribution is 2.28. The minimum absolute atomic E-state index is 0.0144. The number of hydrazone groups is 1. The SMILES string of the molecule is CCCOc1ccc(/C=N/NS(=O)(=O)c2ccc(OC(C)C)cc2)cc1OCC. The Balaban J connectivity index is 2.08. The van der Waals surface area contributed by atoms with Crippen LogP contribution in [-0.4, -0.2) is 34.0 Å². The van der Waals surface area contributed by atoms with Crippen molar-refractivity contribution in [1.29, 1.82) is 0 Å². The normalized spacial score (nSPS) is 11.6. The van der Waals surface area contributed by atoms with Gasteiger partial charge in [0.15, 0.2) is 11.5 Å². The lowest BCUT2D eigenvalue weighted by molar-refractivity contribution is 0.242. The Morgan fingerprint density at radius 1 is 1.03 bits per heavy atom. The van der Waals surface area contributed by atoms with Gasteiger partial charge in [-0.3, -0.25) is 0 Å². The monoisotopic (exact) mass is 420 g/mol. The number of hydrogen-bond acceptors (Lipinski definition) is 6. The zero-order valence-corrected chi connectivity index (χ0v) is 18.0. The molecular formula is C21H28N2O5S. The van der Waals surface area contributed by atoms with Gasteiger partial charge < -0.3 is 14.2 Å². The van der Waals surface area contributed by atoms with Gasteiger partial charge in [0.1, 0.15) is 5.75 Å². The van der Waals surface area contributed by atoms with E-state index in [0.29, 0.717) is 36.0 Å². The summed E-state index contributed by atoms with van der Waals surface area (Å²) in [5, 5.41) is 3.86. The van der Waals surface area contributed by atoms with E-state index >= 15 is 0 Å². The molecule has 158 valence electrons. The first kappa shape index (κ1) is 22.5. The molecule has 0 spiro atoms. The van der Waals surface area contributed by atoms with Crippen LogP contribution >= 0.6 is 0 Å². The van der Waals surface area contributed by atoms with E-state index in [9.17, 15) is 8.42 Å². The molecule has 0 aliphatic rings. The van der Waals surface area contributed by atoms with Crippen molar-refractivity contribution >= 4 is 16.2 Å². The third-order valence-electron chi connectivity index (χ3n) is 3.62. The molecule has 0 heterocycles. The summed E-state index contributed by atoms with van der Waals surface area (Å²) in [5.41, 5.74) is 0.681. The molecular weight excluding hydrogens is 392 g/mol. The zero-order chi connectivity index (χ0) is 21.3. The number of sulfonamides is 1. The van der Waals surface area contributed by atoms with E-state index in [4.69, 9.17) is 14.2 Å². The van der Waals surface area contributed by atoms with Crippen LogP contribution in [0.25, 0.3) is 0 Å². The van der Waals surface area contributed by atoms with Crippen molar-refractivity contribution in [3.8, 4) is 17.2 Å². The molecule has 0 unspecified atom stereocenters. The van der Waals surface area contributed by atoms with Crippen LogP contribution in [0.5, 0.6) is 17.2 Å². The Morgan fingerprint density at radius 2 is 1.76 bits per heavy atom. The molecule has 0 aromatic heterocycles. The van der Waals surface area contributed by atoms with Gasteiger partial charge >= 0.3 is 0 Å². The van der Waals surface area contributed by atoms with E-state index in [1.165, 1.54) is 18.3 Å². The minimum Gasteiger partial charge on any atom is -0.491 e. The van der Waals surface area contributed by atoms with Gasteiger partial charge in [0.2, 0.25) is 0 Å². The molecule has 0 amide bonds. The highest BCUT2D eigenvalue weighted by atomic mass is 32.2. The molecule has 2 aromatic carbocycles. The van der Waals surface area contributed by atoms with Crippen LogP contribution in [0.15, 0.2) is 52.5 Å². The van der Waals surface area contributed by atoms with Crippen molar-refractivity contribution in [2.45, 2.75) is 45.1 Å². The Kier molecular flexibility index (Phi) is 8.33. The lowest BCUT2D eigenvalue weighted by atomic mass is 10.2. The topological polar surface area (TPSA) is 86.2 Å². The van der Waals surface area contributed by atoms with E-state index < -0.39 is 10.0 Å². The van der Waals surface area contributed by atoms with Crippen LogP contribution in [0.1, 0.15) is 39.7 Å². The predicted molar refractivity (Wildman–Crippen MR) is 114 cm³/mol. The van der Waals surface area contributed by atoms with Crippen LogP contribution in [0.2, 0.25) is 0 Å². The van der Waals surface area contributed by atoms with Gasteiger partial charge in [0.05, 0.1) is 30.4 Å². The summed E-state index contributed by atoms with van der Waals surface area (Å²) in [5.74, 6) is 1.85. The first-order chi connectivity index (χ1) is 13.9. The summed E-state index contributed by atoms with van der Waals surface area (Å²) in [7, 11) is -3.78. The zero-order valence-electron chi connectivity index (χ0n) is 17.2. The minimum atomic E-state index is -3.78. The number of rotatable bonds is 11. The van der Waals surface area contributed by atoms with Crippen LogP contribution in [0, 0.1) is 0 Å². The van der Waals surface area contributed by atoms with E-state index in [-0.39, 0.29) is 11.0 Å². The maximum Gasteiger partial charge on any atom is 0.276 e. The molecule has 0 atom stereocenters. The van der Waals surface area contributed by atoms with Crippen molar-refractivity contribution in [2.75, 3.05) is 13.2 Å². The van der Waals surface area contributed by atoms with Gasteiger partial charge in [-0.15, -0.1) is 0 Å². The van der Waals surface area contributed by atoms with Gasteiger partial charge in [0, 0.05) is 0 Å². The van der Waals surface area contributed by atoms with E-state index in [2.05, 4.69) is 9.93 Å². The van der Waals surface area contributed by atoms with E-state index in [1.54, 1.807) is 30.3 Å². The highest BCUT2D eigenvalue weighted by Gasteiger charge is 2.13. The molecule has 0 saturated heterocycles. The lowest BCUT2D eigenvalue weighted by Gasteiger charge is -2.12. The maximum absolute atomic E-state index is 12.4. The number of hydrogen-bond donors (Lipinski definition) is 1. The van der Waals surface area contributed by atoms with Crippen molar-refractivity contribution in [3.05, 3.63) is 48.0 Å². The third kappa shape index (κ3) is 6.98. The number of nitrogens with zero attached hydrogens (tertiary/aromatic N) is 1. The molecule has 0 bridgehead atoms. The average Bonchev–Trinajstić information content (AvgIpc) is 2.67. The lowest BCUT2D eigenvalue weighted by Crippen LogP contribution is -2.18. The first-order valence-electron chi connectivity index (χ1n) is 9.57. The van der Waals surface area contributed by atoms with Gasteiger partial charge in [0.25, 0.3) is 10.0 Å². The Hall–Kier alpha value is -2.74. The van der Waals surface area contributed by atoms with Crippen LogP contribution in [0.4, 0.5) is 0 Å². The molecule has 7 nitrogen and oxygen atoms in total. The summed E-state index contributed by atoms with van der Waals surface area (Å²) in [6, 6.07) is 11.5. The predicted octanol–water partition coefficient (Wildman–Crippen LogP) is 3.97. The quantitative estimate of drug-likeness (QED) is 0.439. The Morgan fingerprint density at radius 3 is 2.38 bits per heavy atom. The number of ether oxygens (including phenoxy) is 3. The van der Waals surface area contributed by atoms with E-state index in [0.717, 1.165) is 6.42 Å². The summed E-state index contributed by atoms with van der Waals surface area (Å²) in [6.07, 6.45) is 2.32. The maximum atomic E-state index is 12.4. The molecule has 29 heavy (non-hydrogen) atoms. The summed E-state index contributed by atoms with van der Waals surface area (Å²) in [4.78, 5) is 2.31. The second-order valence-electron chi connectivity index (χ2n) is 6.48. The highest BCUT2D eigenvalue weighted by molar-refractivity contribution is 7.89. The third-order valence-corrected chi connectivity index (χ3v) is 4.86. The Bertz CT molecular complexity index is 909. The Labute approximate surface area is 172 Å². The summed E-state index contributed by atoms with van der Waals surface area (Å²) >= 11 is 0. The van der Waals surface area contributed by atoms with Gasteiger partial charge in [-0.25, -0.2) is 4.83 Å². The molecule has 8 heteroatoms. The number of benzene rings is 2. The molecule has 0 aliphatic carbocycles. The summed E-state index contributed by atoms with van der Waals surface area (Å²) in [6.45, 7) is 8.80. The molecule has 2 rings (SSSR count). The second kappa shape index (κ2) is 10.7. The van der Waals surface area contributed by atoms with Crippen molar-refractivity contribution < 1.29 is 22.6 Å². The molecule has 2 aromatic rings. The van der Waals surface area contributed by atoms with Crippen molar-refractivity contribution in [1.82, 2.24) is 4.83 Å². The molecule has 0 aliphatic heterocycles. The fourth-order valence-electron chi connectivity index (χ4n) is 2.40. The molecule has 0 fully saturated rings. The molecule has 0 radical (unpaired) electrons. The molecule has 0 saturated carbocycles. The fraction of sp³-hybridized carbons (Fsp3) is 0.381. The van der Waals surface area contributed by atoms with Gasteiger partial charge in [-0.1, -0.05) is 6.92 Å². The van der Waals surface area contributed by atoms with Gasteiger partial charge in [-0.2, -0.15) is 13.5 Å². The van der Waals surface area contributed by atoms with E-state index in [1.807, 2.05) is 27.7 Å². The smallest absolute Gasteiger partial charge is 0.276 e. The van der Waals surface area contributed by atoms with Gasteiger partial charge in [-0.05, 0) is 75.2 Å². The van der Waals surface area contributed by atoms with Crippen LogP contribution < -0.4 is 19.0 Å². The second-order valence-corrected chi connectivity index (χ2v) is 8.14. The standard InChI is InChI=1S/C21H28N2O5S/c1-5-13-27-20-12-7-17(14-21(20)26-6-2)15-22-23-29(24,25)19-10-8-18(9-11-19)28-16(3)4/h7-12,14-16,23H,5-6,13H2,1-4H3/b22-15+. The summed E-state index contributed by atoms with van der Waals surface area (Å²) < 4.78 is 41.5. The van der Waals surface area contributed by atoms with Crippen LogP contribution in [0.3, 0.4) is 0 Å².